The maximum atomic E-state index is 13.8. The lowest BCUT2D eigenvalue weighted by Crippen LogP contribution is -2.41. The van der Waals surface area contributed by atoms with E-state index in [2.05, 4.69) is 6.58 Å². The average Bonchev–Trinajstić information content (AvgIpc) is 2.47. The van der Waals surface area contributed by atoms with Crippen LogP contribution in [0.2, 0.25) is 0 Å². The number of hydrogen-bond donors (Lipinski definition) is 0. The molecule has 0 radical (unpaired) electrons. The number of hydrogen-bond acceptors (Lipinski definition) is 2. The van der Waals surface area contributed by atoms with Crippen LogP contribution in [0.3, 0.4) is 0 Å². The molecule has 0 aromatic heterocycles. The van der Waals surface area contributed by atoms with Gasteiger partial charge < -0.3 is 9.31 Å². The molecular weight excluding hydrogens is 237 g/mol. The van der Waals surface area contributed by atoms with Crippen molar-refractivity contribution in [3.63, 3.8) is 0 Å². The van der Waals surface area contributed by atoms with Gasteiger partial charge in [-0.15, -0.1) is 0 Å². The fraction of sp³-hybridized carbons (Fsp3) is 0.538. The van der Waals surface area contributed by atoms with Gasteiger partial charge in [0, 0.05) is 5.47 Å². The Labute approximate surface area is 107 Å². The van der Waals surface area contributed by atoms with Crippen LogP contribution in [-0.4, -0.2) is 18.3 Å². The molecule has 0 aromatic carbocycles. The molecule has 0 saturated carbocycles. The van der Waals surface area contributed by atoms with E-state index >= 15 is 0 Å². The maximum Gasteiger partial charge on any atom is 0.497 e. The number of rotatable bonds is 3. The van der Waals surface area contributed by atoms with Crippen LogP contribution in [0.4, 0.5) is 8.78 Å². The number of halogens is 2. The monoisotopic (exact) mass is 256 g/mol. The fourth-order valence-corrected chi connectivity index (χ4v) is 1.56. The third kappa shape index (κ3) is 2.57. The van der Waals surface area contributed by atoms with Gasteiger partial charge in [0.05, 0.1) is 11.2 Å². The molecule has 100 valence electrons. The van der Waals surface area contributed by atoms with Crippen LogP contribution in [0.1, 0.15) is 34.6 Å². The van der Waals surface area contributed by atoms with Crippen molar-refractivity contribution in [3.05, 3.63) is 35.9 Å². The van der Waals surface area contributed by atoms with Crippen molar-refractivity contribution >= 4 is 7.12 Å². The molecule has 1 aliphatic heterocycles. The predicted molar refractivity (Wildman–Crippen MR) is 69.3 cm³/mol. The first-order valence-corrected chi connectivity index (χ1v) is 5.86. The molecule has 0 atom stereocenters. The van der Waals surface area contributed by atoms with Crippen LogP contribution in [0.25, 0.3) is 0 Å². The highest BCUT2D eigenvalue weighted by Crippen LogP contribution is 2.40. The molecule has 0 unspecified atom stereocenters. The Hall–Kier alpha value is -0.935. The lowest BCUT2D eigenvalue weighted by atomic mass is 9.77. The minimum Gasteiger partial charge on any atom is -0.399 e. The molecule has 0 aliphatic carbocycles. The molecule has 0 aromatic rings. The zero-order valence-electron chi connectivity index (χ0n) is 11.5. The summed E-state index contributed by atoms with van der Waals surface area (Å²) in [5.41, 5.74) is -1.13. The van der Waals surface area contributed by atoms with Crippen LogP contribution in [0, 0.1) is 0 Å². The molecule has 1 rings (SSSR count). The summed E-state index contributed by atoms with van der Waals surface area (Å²) in [4.78, 5) is 0. The molecule has 1 aliphatic rings. The van der Waals surface area contributed by atoms with Crippen LogP contribution < -0.4 is 0 Å². The first kappa shape index (κ1) is 15.1. The minimum absolute atomic E-state index is 0.0473. The largest absolute Gasteiger partial charge is 0.497 e. The third-order valence-electron chi connectivity index (χ3n) is 3.46. The van der Waals surface area contributed by atoms with Crippen molar-refractivity contribution < 1.29 is 18.1 Å². The van der Waals surface area contributed by atoms with Crippen molar-refractivity contribution in [2.24, 2.45) is 0 Å². The quantitative estimate of drug-likeness (QED) is 0.563. The summed E-state index contributed by atoms with van der Waals surface area (Å²) in [7, 11) is -0.911. The third-order valence-corrected chi connectivity index (χ3v) is 3.46. The summed E-state index contributed by atoms with van der Waals surface area (Å²) in [6.45, 7) is 12.2. The minimum atomic E-state index is -1.02. The van der Waals surface area contributed by atoms with E-state index in [0.717, 1.165) is 6.08 Å². The Kier molecular flexibility index (Phi) is 4.18. The lowest BCUT2D eigenvalue weighted by molar-refractivity contribution is 0.00578. The number of allylic oxidation sites excluding steroid dienone is 5. The van der Waals surface area contributed by atoms with Gasteiger partial charge in [0.1, 0.15) is 0 Å². The molecule has 0 N–H and O–H groups in total. The standard InChI is InChI=1S/C13H19BF2O2/c1-7-9(11(16)10(15)8-2)14-17-12(3,4)13(5,6)18-14/h7-8H,2H2,1,3-6H3/b9-7?,11-10-. The van der Waals surface area contributed by atoms with Gasteiger partial charge in [-0.05, 0) is 40.7 Å². The summed E-state index contributed by atoms with van der Waals surface area (Å²) in [5, 5.41) is 0. The van der Waals surface area contributed by atoms with Crippen LogP contribution in [-0.2, 0) is 9.31 Å². The zero-order chi connectivity index (χ0) is 14.1. The highest BCUT2D eigenvalue weighted by Gasteiger charge is 2.53. The second-order valence-corrected chi connectivity index (χ2v) is 5.20. The van der Waals surface area contributed by atoms with E-state index in [-0.39, 0.29) is 5.47 Å². The zero-order valence-corrected chi connectivity index (χ0v) is 11.5. The molecule has 5 heteroatoms. The van der Waals surface area contributed by atoms with Gasteiger partial charge in [-0.1, -0.05) is 12.7 Å². The second-order valence-electron chi connectivity index (χ2n) is 5.20. The Morgan fingerprint density at radius 3 is 1.89 bits per heavy atom. The summed E-state index contributed by atoms with van der Waals surface area (Å²) in [5.74, 6) is -2.01. The second kappa shape index (κ2) is 4.98. The summed E-state index contributed by atoms with van der Waals surface area (Å²) >= 11 is 0. The summed E-state index contributed by atoms with van der Waals surface area (Å²) in [6, 6.07) is 0. The molecule has 0 bridgehead atoms. The van der Waals surface area contributed by atoms with Gasteiger partial charge in [0.15, 0.2) is 11.7 Å². The van der Waals surface area contributed by atoms with Crippen molar-refractivity contribution in [1.82, 2.24) is 0 Å². The first-order valence-electron chi connectivity index (χ1n) is 5.86. The van der Waals surface area contributed by atoms with Crippen molar-refractivity contribution in [2.45, 2.75) is 45.8 Å². The average molecular weight is 256 g/mol. The maximum absolute atomic E-state index is 13.8. The molecule has 1 saturated heterocycles. The van der Waals surface area contributed by atoms with E-state index in [0.29, 0.717) is 0 Å². The molecule has 0 spiro atoms. The molecule has 0 amide bonds. The molecule has 18 heavy (non-hydrogen) atoms. The van der Waals surface area contributed by atoms with E-state index in [9.17, 15) is 8.78 Å². The highest BCUT2D eigenvalue weighted by atomic mass is 19.2. The van der Waals surface area contributed by atoms with Crippen molar-refractivity contribution in [1.29, 1.82) is 0 Å². The molecule has 2 nitrogen and oxygen atoms in total. The Morgan fingerprint density at radius 2 is 1.56 bits per heavy atom. The Bertz CT molecular complexity index is 395. The lowest BCUT2D eigenvalue weighted by Gasteiger charge is -2.32. The predicted octanol–water partition coefficient (Wildman–Crippen LogP) is 3.90. The van der Waals surface area contributed by atoms with E-state index < -0.39 is 30.0 Å². The van der Waals surface area contributed by atoms with Gasteiger partial charge in [-0.3, -0.25) is 0 Å². The highest BCUT2D eigenvalue weighted by molar-refractivity contribution is 6.56. The van der Waals surface area contributed by atoms with Crippen molar-refractivity contribution in [2.75, 3.05) is 0 Å². The SMILES string of the molecule is C=C/C(F)=C(/F)C(=CC)B1OC(C)(C)C(C)(C)O1. The normalized spacial score (nSPS) is 23.9. The summed E-state index contributed by atoms with van der Waals surface area (Å²) < 4.78 is 38.4. The van der Waals surface area contributed by atoms with Crippen LogP contribution in [0.15, 0.2) is 35.9 Å². The van der Waals surface area contributed by atoms with E-state index in [4.69, 9.17) is 9.31 Å². The van der Waals surface area contributed by atoms with Crippen LogP contribution >= 0.6 is 0 Å². The molecule has 1 heterocycles. The van der Waals surface area contributed by atoms with Gasteiger partial charge in [-0.25, -0.2) is 8.78 Å². The summed E-state index contributed by atoms with van der Waals surface area (Å²) in [6.07, 6.45) is 2.27. The Morgan fingerprint density at radius 1 is 1.11 bits per heavy atom. The van der Waals surface area contributed by atoms with Gasteiger partial charge in [0.2, 0.25) is 0 Å². The first-order chi connectivity index (χ1) is 8.16. The van der Waals surface area contributed by atoms with Gasteiger partial charge in [-0.2, -0.15) is 0 Å². The van der Waals surface area contributed by atoms with E-state index in [1.54, 1.807) is 6.92 Å². The van der Waals surface area contributed by atoms with Crippen LogP contribution in [0.5, 0.6) is 0 Å². The molecular formula is C13H19BF2O2. The van der Waals surface area contributed by atoms with E-state index in [1.165, 1.54) is 6.08 Å². The van der Waals surface area contributed by atoms with Gasteiger partial charge >= 0.3 is 7.12 Å². The van der Waals surface area contributed by atoms with Crippen molar-refractivity contribution in [3.8, 4) is 0 Å². The smallest absolute Gasteiger partial charge is 0.399 e. The Balaban J connectivity index is 3.07. The fourth-order valence-electron chi connectivity index (χ4n) is 1.56. The van der Waals surface area contributed by atoms with E-state index in [1.807, 2.05) is 27.7 Å². The topological polar surface area (TPSA) is 18.5 Å². The molecule has 1 fully saturated rings. The van der Waals surface area contributed by atoms with Gasteiger partial charge in [0.25, 0.3) is 0 Å².